The van der Waals surface area contributed by atoms with E-state index in [1.807, 2.05) is 41.5 Å². The van der Waals surface area contributed by atoms with Gasteiger partial charge in [0.15, 0.2) is 0 Å². The number of carbonyl (C=O) groups excluding carboxylic acids is 15. The molecule has 0 aromatic heterocycles. The number of nitrogens with zero attached hydrogens (tertiary/aromatic N) is 3. The molecule has 14 amide bonds. The standard InChI is InChI=1S/C94H129N17O19/c1-13-67-73-51-97-84(118)50-66-47-63(86(120)109-93(31-25-57(7)112,32-26-58(8)113)33-27-59(9)114)19-22-79(66)104-88(122)98-52-76-70(16-4)77-53-99-89(123)105-80-23-20-64(85(119)96-37-39-127-41-43-129-45-46-130-44-42-128-40-38-103-111-95)48-82(80)107-91(125)101-55-74(67)69(15-3)75(68(73)14-2)56-102-92(126)108-83-49-65(21-24-81(83)106-90(124)100-54-78(71(76)17-5)72(77)18-6)87(121)110-94(34-28-60(10)115,35-29-61(11)116)36-30-62(12)117/h19-24,47-49H,13-18,25-46,50-56H2,1-12H3,(H,96,119)(H,97,118)(H,109,120)(H,110,121)(H2,98,104,122)(H2,99,105,123)(H2,100,106,124)(H2,101,107,125)(H2,102,108,126). The summed E-state index contributed by atoms with van der Waals surface area (Å²) >= 11 is 0. The molecule has 14 N–H and O–H groups in total. The number of Topliss-reactive ketones (excluding diaryl/α,β-unsaturated/α-hetero) is 6. The Hall–Kier alpha value is -12.5. The monoisotopic (exact) mass is 1800 g/mol. The predicted molar refractivity (Wildman–Crippen MR) is 493 cm³/mol. The van der Waals surface area contributed by atoms with Crippen LogP contribution in [0.1, 0.15) is 264 Å². The number of fused-ring (bicyclic) bond motifs is 18. The molecule has 0 fully saturated rings. The largest absolute Gasteiger partial charge is 0.379 e. The zero-order valence-corrected chi connectivity index (χ0v) is 77.0. The van der Waals surface area contributed by atoms with Gasteiger partial charge in [0.1, 0.15) is 34.7 Å². The first-order valence-electron chi connectivity index (χ1n) is 44.7. The van der Waals surface area contributed by atoms with Crippen molar-refractivity contribution in [3.8, 4) is 0 Å². The zero-order chi connectivity index (χ0) is 95.0. The Kier molecular flexibility index (Phi) is 42.5. The summed E-state index contributed by atoms with van der Waals surface area (Å²) in [6, 6.07) is 9.13. The second kappa shape index (κ2) is 52.8. The molecule has 704 valence electrons. The number of anilines is 5. The van der Waals surface area contributed by atoms with E-state index < -0.39 is 71.3 Å². The number of hydrogen-bond donors (Lipinski definition) is 14. The van der Waals surface area contributed by atoms with Crippen LogP contribution in [-0.4, -0.2) is 166 Å². The molecule has 0 radical (unpaired) electrons. The van der Waals surface area contributed by atoms with Gasteiger partial charge in [-0.25, -0.2) is 24.0 Å². The molecular weight excluding hydrogens is 1670 g/mol. The molecule has 0 spiro atoms. The van der Waals surface area contributed by atoms with Crippen molar-refractivity contribution >= 4 is 117 Å². The van der Waals surface area contributed by atoms with E-state index in [4.69, 9.17) is 24.5 Å². The fourth-order valence-corrected chi connectivity index (χ4v) is 16.4. The van der Waals surface area contributed by atoms with Crippen LogP contribution in [0.2, 0.25) is 0 Å². The topological polar surface area (TPSA) is 510 Å². The smallest absolute Gasteiger partial charge is 0.319 e. The molecule has 5 aromatic rings. The van der Waals surface area contributed by atoms with Crippen LogP contribution < -0.4 is 74.4 Å². The van der Waals surface area contributed by atoms with Gasteiger partial charge in [0, 0.05) is 129 Å². The Labute approximate surface area is 759 Å². The highest BCUT2D eigenvalue weighted by atomic mass is 16.6. The minimum Gasteiger partial charge on any atom is -0.379 e. The summed E-state index contributed by atoms with van der Waals surface area (Å²) in [5.41, 5.74) is 14.3. The summed E-state index contributed by atoms with van der Waals surface area (Å²) < 4.78 is 22.2. The van der Waals surface area contributed by atoms with Crippen LogP contribution in [-0.2, 0) is 137 Å². The Morgan fingerprint density at radius 2 is 0.623 bits per heavy atom. The highest BCUT2D eigenvalue weighted by Crippen LogP contribution is 2.37. The summed E-state index contributed by atoms with van der Waals surface area (Å²) in [6.45, 7) is 21.1. The van der Waals surface area contributed by atoms with Crippen LogP contribution in [0.25, 0.3) is 10.4 Å². The summed E-state index contributed by atoms with van der Waals surface area (Å²) in [5, 5.41) is 45.2. The minimum atomic E-state index is -1.22. The van der Waals surface area contributed by atoms with Crippen LogP contribution in [0.4, 0.5) is 52.4 Å². The number of ether oxygens (including phenoxy) is 4. The lowest BCUT2D eigenvalue weighted by molar-refractivity contribution is -0.121. The Morgan fingerprint density at radius 1 is 0.354 bits per heavy atom. The van der Waals surface area contributed by atoms with E-state index in [0.29, 0.717) is 126 Å². The summed E-state index contributed by atoms with van der Waals surface area (Å²) in [6.07, 6.45) is 2.18. The number of carbonyl (C=O) groups is 15. The third-order valence-electron chi connectivity index (χ3n) is 23.1. The van der Waals surface area contributed by atoms with Gasteiger partial charge in [-0.1, -0.05) is 46.7 Å². The maximum absolute atomic E-state index is 15.2. The van der Waals surface area contributed by atoms with Gasteiger partial charge in [-0.05, 0) is 251 Å². The third kappa shape index (κ3) is 32.3. The van der Waals surface area contributed by atoms with Crippen molar-refractivity contribution in [1.29, 1.82) is 0 Å². The molecule has 5 aromatic carbocycles. The van der Waals surface area contributed by atoms with E-state index in [-0.39, 0.29) is 241 Å². The Bertz CT molecular complexity index is 4690. The molecule has 0 atom stereocenters. The summed E-state index contributed by atoms with van der Waals surface area (Å²) in [4.78, 5) is 212. The van der Waals surface area contributed by atoms with Gasteiger partial charge in [0.05, 0.1) is 82.0 Å². The predicted octanol–water partition coefficient (Wildman–Crippen LogP) is 12.4. The molecule has 0 saturated heterocycles. The number of amides is 14. The van der Waals surface area contributed by atoms with Gasteiger partial charge in [-0.15, -0.1) is 0 Å². The van der Waals surface area contributed by atoms with E-state index in [1.54, 1.807) is 0 Å². The fourth-order valence-electron chi connectivity index (χ4n) is 16.4. The van der Waals surface area contributed by atoms with Gasteiger partial charge >= 0.3 is 30.2 Å². The molecule has 130 heavy (non-hydrogen) atoms. The number of rotatable bonds is 44. The molecular formula is C94H129N17O19. The van der Waals surface area contributed by atoms with Crippen molar-refractivity contribution in [3.63, 3.8) is 0 Å². The van der Waals surface area contributed by atoms with Crippen LogP contribution in [0.3, 0.4) is 0 Å². The molecule has 36 nitrogen and oxygen atoms in total. The molecule has 3 aliphatic rings. The zero-order valence-electron chi connectivity index (χ0n) is 77.0. The number of nitrogens with one attached hydrogen (secondary N) is 14. The highest BCUT2D eigenvalue weighted by Gasteiger charge is 2.36. The number of benzene rings is 5. The van der Waals surface area contributed by atoms with Crippen LogP contribution in [0, 0.1) is 0 Å². The van der Waals surface area contributed by atoms with Crippen molar-refractivity contribution < 1.29 is 90.9 Å². The second-order valence-corrected chi connectivity index (χ2v) is 32.6. The van der Waals surface area contributed by atoms with Crippen molar-refractivity contribution in [3.05, 3.63) is 154 Å². The number of azide groups is 1. The van der Waals surface area contributed by atoms with Crippen molar-refractivity contribution in [2.45, 2.75) is 255 Å². The molecule has 3 aliphatic heterocycles. The lowest BCUT2D eigenvalue weighted by atomic mass is 9.81. The van der Waals surface area contributed by atoms with Gasteiger partial charge in [-0.2, -0.15) is 0 Å². The molecule has 3 heterocycles. The van der Waals surface area contributed by atoms with Crippen LogP contribution in [0.15, 0.2) is 59.7 Å². The lowest BCUT2D eigenvalue weighted by Crippen LogP contribution is -2.49. The summed E-state index contributed by atoms with van der Waals surface area (Å²) in [5.74, 6) is -3.55. The van der Waals surface area contributed by atoms with Crippen LogP contribution >= 0.6 is 0 Å². The quantitative estimate of drug-likeness (QED) is 0.00745. The van der Waals surface area contributed by atoms with Crippen molar-refractivity contribution in [1.82, 2.24) is 47.9 Å². The summed E-state index contributed by atoms with van der Waals surface area (Å²) in [7, 11) is 0. The first kappa shape index (κ1) is 105. The Balaban J connectivity index is 1.41. The van der Waals surface area contributed by atoms with Crippen LogP contribution in [0.5, 0.6) is 0 Å². The van der Waals surface area contributed by atoms with Gasteiger partial charge < -0.3 is 122 Å². The average molecular weight is 1800 g/mol. The van der Waals surface area contributed by atoms with Crippen molar-refractivity contribution in [2.24, 2.45) is 5.11 Å². The maximum Gasteiger partial charge on any atom is 0.319 e. The third-order valence-corrected chi connectivity index (χ3v) is 23.1. The van der Waals surface area contributed by atoms with Gasteiger partial charge in [0.2, 0.25) is 5.91 Å². The first-order valence-corrected chi connectivity index (χ1v) is 44.7. The minimum absolute atomic E-state index is 0.00222. The number of hydrogen-bond acceptors (Lipinski definition) is 20. The molecule has 36 heteroatoms. The van der Waals surface area contributed by atoms with E-state index in [2.05, 4.69) is 84.5 Å². The van der Waals surface area contributed by atoms with E-state index in [0.717, 1.165) is 5.56 Å². The average Bonchev–Trinajstić information content (AvgIpc) is 0.750. The van der Waals surface area contributed by atoms with E-state index >= 15 is 9.59 Å². The second-order valence-electron chi connectivity index (χ2n) is 32.6. The molecule has 0 unspecified atom stereocenters. The lowest BCUT2D eigenvalue weighted by Gasteiger charge is -2.35. The Morgan fingerprint density at radius 3 is 0.931 bits per heavy atom. The molecule has 6 bridgehead atoms. The number of ketones is 6. The molecule has 0 aliphatic carbocycles. The van der Waals surface area contributed by atoms with E-state index in [1.165, 1.54) is 96.1 Å². The molecule has 0 saturated carbocycles. The molecule has 8 rings (SSSR count). The SMILES string of the molecule is CCc1c2c(CC)c3c(CC)c1CNC(=O)Nc1cc(C(=O)NCCOCCOCCOCCOCCN=[N+]=[N-])ccc1NC(=O)NCc1c(CC)c(c(CC)c(c1CC)CNC(=O)Nc1ccc(C(=O)NC(CCC(C)=O)(CCC(C)=O)CCC(C)=O)cc1NC(=O)NC3)CNC(=O)Nc1ccc(C(=O)NC(CCC(C)=O)(CCC(C)=O)CCC(C)=O)cc1CC(=O)NC2. The van der Waals surface area contributed by atoms with Crippen molar-refractivity contribution in [2.75, 3.05) is 92.5 Å². The van der Waals surface area contributed by atoms with Gasteiger partial charge in [-0.3, -0.25) is 19.2 Å². The first-order chi connectivity index (χ1) is 62.2. The highest BCUT2D eigenvalue weighted by molar-refractivity contribution is 6.05. The number of urea groups is 5. The maximum atomic E-state index is 15.2. The normalized spacial score (nSPS) is 13.5. The fraction of sp³-hybridized carbons (Fsp3) is 0.521. The van der Waals surface area contributed by atoms with Gasteiger partial charge in [0.25, 0.3) is 17.7 Å². The van der Waals surface area contributed by atoms with E-state index in [9.17, 15) is 62.3 Å².